The number of benzene rings is 6. The Labute approximate surface area is 335 Å². The van der Waals surface area contributed by atoms with E-state index in [4.69, 9.17) is 9.40 Å². The second-order valence-electron chi connectivity index (χ2n) is 14.6. The number of allylic oxidation sites excluding steroid dienone is 8. The smallest absolute Gasteiger partial charge is 0.145 e. The number of rotatable bonds is 6. The van der Waals surface area contributed by atoms with Crippen LogP contribution in [0.5, 0.6) is 0 Å². The third-order valence-electron chi connectivity index (χ3n) is 11.3. The summed E-state index contributed by atoms with van der Waals surface area (Å²) < 4.78 is 11.3. The molecule has 4 aromatic heterocycles. The van der Waals surface area contributed by atoms with Crippen molar-refractivity contribution < 1.29 is 4.42 Å². The lowest BCUT2D eigenvalue weighted by atomic mass is 9.98. The minimum atomic E-state index is 0.821. The van der Waals surface area contributed by atoms with E-state index in [1.165, 1.54) is 21.8 Å². The summed E-state index contributed by atoms with van der Waals surface area (Å²) in [6, 6.07) is 47.6. The molecule has 10 aromatic rings. The van der Waals surface area contributed by atoms with Gasteiger partial charge in [-0.3, -0.25) is 4.98 Å². The summed E-state index contributed by atoms with van der Waals surface area (Å²) in [5.41, 5.74) is 14.3. The summed E-state index contributed by atoms with van der Waals surface area (Å²) >= 11 is 0. The molecule has 5 heterocycles. The molecule has 0 fully saturated rings. The highest BCUT2D eigenvalue weighted by molar-refractivity contribution is 6.13. The van der Waals surface area contributed by atoms with Gasteiger partial charge < -0.3 is 18.5 Å². The molecule has 58 heavy (non-hydrogen) atoms. The van der Waals surface area contributed by atoms with Crippen LogP contribution in [0.2, 0.25) is 0 Å². The standard InChI is InChI=1S/C53H36N4O/c1-3-4-5-11-31-56-45-26-23-37(33-44(45)52-49(56)22-14-29-54-52)36-16-13-17-38(32-36)55-30-12-10-15-35(2)51-48(55)27-25-42-43-34-39(24-28-50(43)58-53(42)51)57-46-20-8-6-18-40(46)41-19-7-9-21-47(41)57/h3-34H,1-2H2/b5-4-,15-10-,30-12-,31-11-. The molecule has 0 spiro atoms. The second-order valence-corrected chi connectivity index (χ2v) is 14.6. The number of furan rings is 1. The van der Waals surface area contributed by atoms with Crippen LogP contribution < -0.4 is 4.90 Å². The van der Waals surface area contributed by atoms with Crippen LogP contribution in [0.15, 0.2) is 206 Å². The fourth-order valence-corrected chi connectivity index (χ4v) is 8.68. The van der Waals surface area contributed by atoms with E-state index in [0.29, 0.717) is 0 Å². The molecule has 0 amide bonds. The van der Waals surface area contributed by atoms with Crippen LogP contribution >= 0.6 is 0 Å². The van der Waals surface area contributed by atoms with Gasteiger partial charge in [-0.25, -0.2) is 0 Å². The molecule has 0 saturated carbocycles. The normalized spacial score (nSPS) is 14.4. The van der Waals surface area contributed by atoms with Crippen LogP contribution in [-0.2, 0) is 0 Å². The van der Waals surface area contributed by atoms with Crippen molar-refractivity contribution in [3.63, 3.8) is 0 Å². The van der Waals surface area contributed by atoms with Crippen molar-refractivity contribution in [2.24, 2.45) is 0 Å². The Morgan fingerprint density at radius 2 is 1.40 bits per heavy atom. The van der Waals surface area contributed by atoms with Gasteiger partial charge >= 0.3 is 0 Å². The van der Waals surface area contributed by atoms with E-state index in [2.05, 4.69) is 179 Å². The maximum Gasteiger partial charge on any atom is 0.145 e. The zero-order chi connectivity index (χ0) is 38.7. The van der Waals surface area contributed by atoms with Crippen molar-refractivity contribution in [2.75, 3.05) is 4.90 Å². The quantitative estimate of drug-likeness (QED) is 0.159. The fourth-order valence-electron chi connectivity index (χ4n) is 8.68. The number of nitrogens with zero attached hydrogens (tertiary/aromatic N) is 4. The average Bonchev–Trinajstić information content (AvgIpc) is 3.91. The predicted octanol–water partition coefficient (Wildman–Crippen LogP) is 14.3. The minimum absolute atomic E-state index is 0.821. The minimum Gasteiger partial charge on any atom is -0.455 e. The molecule has 1 aliphatic heterocycles. The average molecular weight is 745 g/mol. The summed E-state index contributed by atoms with van der Waals surface area (Å²) in [5.74, 6) is 0. The molecule has 274 valence electrons. The van der Waals surface area contributed by atoms with Crippen LogP contribution in [-0.4, -0.2) is 14.1 Å². The third-order valence-corrected chi connectivity index (χ3v) is 11.3. The van der Waals surface area contributed by atoms with E-state index in [1.807, 2.05) is 36.6 Å². The number of aromatic nitrogens is 3. The Bertz CT molecular complexity index is 3400. The van der Waals surface area contributed by atoms with Crippen LogP contribution in [0.25, 0.3) is 94.3 Å². The monoisotopic (exact) mass is 744 g/mol. The number of hydrogen-bond donors (Lipinski definition) is 0. The van der Waals surface area contributed by atoms with Gasteiger partial charge in [-0.1, -0.05) is 98.1 Å². The molecule has 0 radical (unpaired) electrons. The van der Waals surface area contributed by atoms with Crippen LogP contribution in [0, 0.1) is 0 Å². The SMILES string of the molecule is C=C/C=C\C=C/n1c2ccc(-c3cccc(N4/C=C\C=C/C(=C)c5c4ccc4c5oc5ccc(-n6c7ccccc7c7ccccc76)cc54)c3)cc2c2ncccc21. The molecule has 1 aliphatic rings. The Hall–Kier alpha value is -7.89. The summed E-state index contributed by atoms with van der Waals surface area (Å²) in [4.78, 5) is 7.04. The highest BCUT2D eigenvalue weighted by Gasteiger charge is 2.22. The van der Waals surface area contributed by atoms with E-state index in [-0.39, 0.29) is 0 Å². The van der Waals surface area contributed by atoms with Gasteiger partial charge in [0.2, 0.25) is 0 Å². The molecule has 5 heteroatoms. The van der Waals surface area contributed by atoms with Crippen LogP contribution in [0.4, 0.5) is 11.4 Å². The molecule has 0 saturated heterocycles. The van der Waals surface area contributed by atoms with Crippen molar-refractivity contribution in [1.82, 2.24) is 14.1 Å². The first-order valence-electron chi connectivity index (χ1n) is 19.4. The van der Waals surface area contributed by atoms with Gasteiger partial charge in [0.15, 0.2) is 0 Å². The lowest BCUT2D eigenvalue weighted by Gasteiger charge is -2.25. The third kappa shape index (κ3) is 5.21. The molecular formula is C53H36N4O. The first-order valence-corrected chi connectivity index (χ1v) is 19.4. The second kappa shape index (κ2) is 13.4. The van der Waals surface area contributed by atoms with Crippen molar-refractivity contribution >= 4 is 88.8 Å². The number of para-hydroxylation sites is 2. The number of anilines is 2. The molecule has 0 N–H and O–H groups in total. The number of pyridine rings is 1. The Kier molecular flexibility index (Phi) is 7.73. The van der Waals surface area contributed by atoms with Gasteiger partial charge in [-0.15, -0.1) is 0 Å². The topological polar surface area (TPSA) is 39.1 Å². The predicted molar refractivity (Wildman–Crippen MR) is 245 cm³/mol. The summed E-state index contributed by atoms with van der Waals surface area (Å²) in [6.07, 6.45) is 19.9. The van der Waals surface area contributed by atoms with Crippen LogP contribution in [0.3, 0.4) is 0 Å². The van der Waals surface area contributed by atoms with Gasteiger partial charge in [0.25, 0.3) is 0 Å². The van der Waals surface area contributed by atoms with Crippen molar-refractivity contribution in [1.29, 1.82) is 0 Å². The van der Waals surface area contributed by atoms with Gasteiger partial charge in [-0.2, -0.15) is 0 Å². The molecule has 0 unspecified atom stereocenters. The van der Waals surface area contributed by atoms with E-state index in [9.17, 15) is 0 Å². The van der Waals surface area contributed by atoms with Gasteiger partial charge in [0.1, 0.15) is 11.2 Å². The van der Waals surface area contributed by atoms with Crippen molar-refractivity contribution in [2.45, 2.75) is 0 Å². The molecule has 0 aliphatic carbocycles. The zero-order valence-electron chi connectivity index (χ0n) is 31.6. The first kappa shape index (κ1) is 33.4. The lowest BCUT2D eigenvalue weighted by Crippen LogP contribution is -2.11. The Morgan fingerprint density at radius 3 is 2.24 bits per heavy atom. The van der Waals surface area contributed by atoms with Crippen molar-refractivity contribution in [3.05, 3.63) is 207 Å². The first-order chi connectivity index (χ1) is 28.7. The molecule has 0 atom stereocenters. The summed E-state index contributed by atoms with van der Waals surface area (Å²) in [5, 5.41) is 5.69. The molecular weight excluding hydrogens is 709 g/mol. The highest BCUT2D eigenvalue weighted by Crippen LogP contribution is 2.44. The number of hydrogen-bond acceptors (Lipinski definition) is 3. The summed E-state index contributed by atoms with van der Waals surface area (Å²) in [7, 11) is 0. The molecule has 6 aromatic carbocycles. The molecule has 11 rings (SSSR count). The fraction of sp³-hybridized carbons (Fsp3) is 0. The lowest BCUT2D eigenvalue weighted by molar-refractivity contribution is 0.667. The van der Waals surface area contributed by atoms with Crippen LogP contribution in [0.1, 0.15) is 5.56 Å². The molecule has 0 bridgehead atoms. The zero-order valence-corrected chi connectivity index (χ0v) is 31.6. The Morgan fingerprint density at radius 1 is 0.586 bits per heavy atom. The van der Waals surface area contributed by atoms with Gasteiger partial charge in [-0.05, 0) is 108 Å². The maximum absolute atomic E-state index is 6.78. The van der Waals surface area contributed by atoms with E-state index >= 15 is 0 Å². The molecule has 5 nitrogen and oxygen atoms in total. The highest BCUT2D eigenvalue weighted by atomic mass is 16.3. The summed E-state index contributed by atoms with van der Waals surface area (Å²) in [6.45, 7) is 8.33. The maximum atomic E-state index is 6.78. The van der Waals surface area contributed by atoms with Gasteiger partial charge in [0, 0.05) is 62.5 Å². The van der Waals surface area contributed by atoms with Gasteiger partial charge in [0.05, 0.1) is 33.3 Å². The van der Waals surface area contributed by atoms with E-state index < -0.39 is 0 Å². The van der Waals surface area contributed by atoms with E-state index in [1.54, 1.807) is 6.08 Å². The largest absolute Gasteiger partial charge is 0.455 e. The van der Waals surface area contributed by atoms with Crippen molar-refractivity contribution in [3.8, 4) is 16.8 Å². The number of fused-ring (bicyclic) bond motifs is 11. The van der Waals surface area contributed by atoms with E-state index in [0.717, 1.165) is 83.2 Å². The Balaban J connectivity index is 1.03.